The Morgan fingerprint density at radius 3 is 2.50 bits per heavy atom. The lowest BCUT2D eigenvalue weighted by Crippen LogP contribution is -2.44. The van der Waals surface area contributed by atoms with Crippen LogP contribution in [0.4, 0.5) is 5.69 Å². The smallest absolute Gasteiger partial charge is 0.255 e. The minimum Gasteiger partial charge on any atom is -0.508 e. The van der Waals surface area contributed by atoms with Crippen LogP contribution in [0.15, 0.2) is 79.0 Å². The summed E-state index contributed by atoms with van der Waals surface area (Å²) in [5, 5.41) is 20.1. The molecule has 0 aliphatic carbocycles. The molecule has 0 bridgehead atoms. The summed E-state index contributed by atoms with van der Waals surface area (Å²) in [7, 11) is 1.96. The van der Waals surface area contributed by atoms with E-state index in [0.29, 0.717) is 5.56 Å². The van der Waals surface area contributed by atoms with Gasteiger partial charge in [0.2, 0.25) is 0 Å². The monoisotopic (exact) mass is 396 g/mol. The first-order valence-corrected chi connectivity index (χ1v) is 9.67. The van der Waals surface area contributed by atoms with Gasteiger partial charge in [-0.05, 0) is 41.0 Å². The number of anilines is 1. The number of rotatable bonds is 3. The van der Waals surface area contributed by atoms with Crippen molar-refractivity contribution in [2.45, 2.75) is 6.17 Å². The van der Waals surface area contributed by atoms with E-state index in [4.69, 9.17) is 0 Å². The predicted octanol–water partition coefficient (Wildman–Crippen LogP) is 4.33. The number of carbonyl (C=O) groups excluding carboxylic acids is 1. The van der Waals surface area contributed by atoms with Crippen LogP contribution >= 0.6 is 0 Å². The first kappa shape index (κ1) is 18.0. The summed E-state index contributed by atoms with van der Waals surface area (Å²) < 4.78 is 0. The number of aromatic nitrogens is 2. The number of fused-ring (bicyclic) bond motifs is 1. The molecule has 4 aromatic rings. The molecule has 30 heavy (non-hydrogen) atoms. The number of carbonyl (C=O) groups is 1. The lowest BCUT2D eigenvalue weighted by molar-refractivity contribution is 0.0928. The number of phenolic OH excluding ortho intramolecular Hbond substituents is 1. The summed E-state index contributed by atoms with van der Waals surface area (Å²) in [5.74, 6) is 0.142. The number of aromatic amines is 1. The third-order valence-electron chi connectivity index (χ3n) is 5.50. The van der Waals surface area contributed by atoms with Gasteiger partial charge in [-0.3, -0.25) is 9.89 Å². The quantitative estimate of drug-likeness (QED) is 0.482. The Labute approximate surface area is 173 Å². The first-order valence-electron chi connectivity index (χ1n) is 9.67. The number of hydrogen-bond donors (Lipinski definition) is 3. The van der Waals surface area contributed by atoms with Crippen molar-refractivity contribution in [1.82, 2.24) is 15.5 Å². The van der Waals surface area contributed by atoms with Gasteiger partial charge in [-0.25, -0.2) is 0 Å². The van der Waals surface area contributed by atoms with Crippen LogP contribution in [0.25, 0.3) is 22.4 Å². The molecule has 1 aliphatic rings. The lowest BCUT2D eigenvalue weighted by atomic mass is 9.99. The van der Waals surface area contributed by atoms with E-state index in [1.165, 1.54) is 0 Å². The molecular formula is C24H20N4O2. The van der Waals surface area contributed by atoms with Crippen LogP contribution < -0.4 is 10.2 Å². The zero-order valence-electron chi connectivity index (χ0n) is 16.3. The lowest BCUT2D eigenvalue weighted by Gasteiger charge is -2.36. The van der Waals surface area contributed by atoms with E-state index in [0.717, 1.165) is 33.6 Å². The van der Waals surface area contributed by atoms with Crippen molar-refractivity contribution < 1.29 is 9.90 Å². The fraction of sp³-hybridized carbons (Fsp3) is 0.0833. The Balaban J connectivity index is 1.49. The van der Waals surface area contributed by atoms with Crippen molar-refractivity contribution in [2.75, 3.05) is 11.9 Å². The van der Waals surface area contributed by atoms with Crippen LogP contribution in [-0.2, 0) is 0 Å². The number of H-pyrrole nitrogens is 1. The molecule has 6 heteroatoms. The first-order chi connectivity index (χ1) is 14.6. The molecule has 0 saturated carbocycles. The summed E-state index contributed by atoms with van der Waals surface area (Å²) in [5.41, 5.74) is 6.22. The van der Waals surface area contributed by atoms with Crippen LogP contribution in [0.1, 0.15) is 22.1 Å². The fourth-order valence-electron chi connectivity index (χ4n) is 3.95. The number of amides is 1. The zero-order valence-corrected chi connectivity index (χ0v) is 16.3. The fourth-order valence-corrected chi connectivity index (χ4v) is 3.95. The average Bonchev–Trinajstić information content (AvgIpc) is 3.26. The molecule has 3 N–H and O–H groups in total. The van der Waals surface area contributed by atoms with Crippen LogP contribution in [0.5, 0.6) is 5.75 Å². The second-order valence-corrected chi connectivity index (χ2v) is 7.33. The second-order valence-electron chi connectivity index (χ2n) is 7.33. The van der Waals surface area contributed by atoms with E-state index in [9.17, 15) is 9.90 Å². The standard InChI is InChI=1S/C24H20N4O2/c1-28-21-8-3-2-7-19(21)24(30)26-23(28)20-14-25-27-22(20)16-11-9-15(10-12-16)17-5-4-6-18(29)13-17/h2-14,23,29H,1H3,(H,25,27)(H,26,30). The van der Waals surface area contributed by atoms with Crippen LogP contribution in [0, 0.1) is 0 Å². The number of aromatic hydroxyl groups is 1. The molecule has 0 saturated heterocycles. The van der Waals surface area contributed by atoms with Gasteiger partial charge in [-0.2, -0.15) is 5.10 Å². The van der Waals surface area contributed by atoms with E-state index in [-0.39, 0.29) is 17.8 Å². The Hall–Kier alpha value is -4.06. The predicted molar refractivity (Wildman–Crippen MR) is 116 cm³/mol. The van der Waals surface area contributed by atoms with Crippen LogP contribution in [0.2, 0.25) is 0 Å². The molecule has 0 radical (unpaired) electrons. The second kappa shape index (κ2) is 7.08. The normalized spacial score (nSPS) is 15.6. The number of para-hydroxylation sites is 1. The van der Waals surface area contributed by atoms with E-state index < -0.39 is 0 Å². The van der Waals surface area contributed by atoms with Gasteiger partial charge in [-0.1, -0.05) is 48.5 Å². The van der Waals surface area contributed by atoms with Gasteiger partial charge < -0.3 is 15.3 Å². The minimum atomic E-state index is -0.327. The summed E-state index contributed by atoms with van der Waals surface area (Å²) in [6.07, 6.45) is 1.43. The van der Waals surface area contributed by atoms with Gasteiger partial charge in [0.25, 0.3) is 5.91 Å². The minimum absolute atomic E-state index is 0.0971. The van der Waals surface area contributed by atoms with E-state index in [2.05, 4.69) is 15.5 Å². The molecular weight excluding hydrogens is 376 g/mol. The largest absolute Gasteiger partial charge is 0.508 e. The Morgan fingerprint density at radius 2 is 1.70 bits per heavy atom. The molecule has 6 nitrogen and oxygen atoms in total. The van der Waals surface area contributed by atoms with E-state index >= 15 is 0 Å². The number of benzene rings is 3. The van der Waals surface area contributed by atoms with Crippen molar-refractivity contribution in [3.05, 3.63) is 90.1 Å². The maximum Gasteiger partial charge on any atom is 0.255 e. The number of hydrogen-bond acceptors (Lipinski definition) is 4. The topological polar surface area (TPSA) is 81.2 Å². The van der Waals surface area contributed by atoms with Crippen molar-refractivity contribution in [3.8, 4) is 28.1 Å². The molecule has 1 aromatic heterocycles. The highest BCUT2D eigenvalue weighted by atomic mass is 16.3. The number of phenols is 1. The van der Waals surface area contributed by atoms with Crippen molar-refractivity contribution >= 4 is 11.6 Å². The van der Waals surface area contributed by atoms with Gasteiger partial charge >= 0.3 is 0 Å². The van der Waals surface area contributed by atoms with Crippen molar-refractivity contribution in [2.24, 2.45) is 0 Å². The van der Waals surface area contributed by atoms with Gasteiger partial charge in [0.1, 0.15) is 11.9 Å². The number of nitrogens with zero attached hydrogens (tertiary/aromatic N) is 2. The molecule has 0 spiro atoms. The molecule has 3 aromatic carbocycles. The Morgan fingerprint density at radius 1 is 0.933 bits per heavy atom. The molecule has 1 unspecified atom stereocenters. The third kappa shape index (κ3) is 2.99. The molecule has 1 amide bonds. The summed E-state index contributed by atoms with van der Waals surface area (Å²) >= 11 is 0. The molecule has 0 fully saturated rings. The van der Waals surface area contributed by atoms with Crippen LogP contribution in [-0.4, -0.2) is 28.3 Å². The third-order valence-corrected chi connectivity index (χ3v) is 5.50. The van der Waals surface area contributed by atoms with Crippen LogP contribution in [0.3, 0.4) is 0 Å². The molecule has 148 valence electrons. The van der Waals surface area contributed by atoms with E-state index in [1.807, 2.05) is 72.6 Å². The summed E-state index contributed by atoms with van der Waals surface area (Å²) in [4.78, 5) is 14.7. The molecule has 5 rings (SSSR count). The SMILES string of the molecule is CN1c2ccccc2C(=O)NC1c1cn[nH]c1-c1ccc(-c2cccc(O)c2)cc1. The summed E-state index contributed by atoms with van der Waals surface area (Å²) in [6.45, 7) is 0. The zero-order chi connectivity index (χ0) is 20.7. The Kier molecular flexibility index (Phi) is 4.25. The van der Waals surface area contributed by atoms with Crippen molar-refractivity contribution in [1.29, 1.82) is 0 Å². The van der Waals surface area contributed by atoms with Gasteiger partial charge in [0, 0.05) is 12.6 Å². The molecule has 1 aliphatic heterocycles. The summed E-state index contributed by atoms with van der Waals surface area (Å²) in [6, 6.07) is 22.8. The highest BCUT2D eigenvalue weighted by molar-refractivity contribution is 6.02. The van der Waals surface area contributed by atoms with E-state index in [1.54, 1.807) is 18.3 Å². The maximum atomic E-state index is 12.6. The highest BCUT2D eigenvalue weighted by Gasteiger charge is 2.31. The number of nitrogens with one attached hydrogen (secondary N) is 2. The molecule has 2 heterocycles. The van der Waals surface area contributed by atoms with Crippen molar-refractivity contribution in [3.63, 3.8) is 0 Å². The van der Waals surface area contributed by atoms with Gasteiger partial charge in [-0.15, -0.1) is 0 Å². The van der Waals surface area contributed by atoms with Gasteiger partial charge in [0.05, 0.1) is 23.1 Å². The highest BCUT2D eigenvalue weighted by Crippen LogP contribution is 2.35. The maximum absolute atomic E-state index is 12.6. The molecule has 1 atom stereocenters. The van der Waals surface area contributed by atoms with Gasteiger partial charge in [0.15, 0.2) is 0 Å². The average molecular weight is 396 g/mol. The Bertz CT molecular complexity index is 1230.